The van der Waals surface area contributed by atoms with E-state index in [0.717, 1.165) is 25.1 Å². The third-order valence-electron chi connectivity index (χ3n) is 3.04. The Labute approximate surface area is 108 Å². The van der Waals surface area contributed by atoms with Crippen molar-refractivity contribution in [3.05, 3.63) is 29.8 Å². The molecule has 1 aromatic carbocycles. The van der Waals surface area contributed by atoms with Crippen molar-refractivity contribution in [1.29, 1.82) is 0 Å². The molecule has 0 saturated carbocycles. The first-order valence-electron chi connectivity index (χ1n) is 6.46. The summed E-state index contributed by atoms with van der Waals surface area (Å²) in [4.78, 5) is 11.7. The normalized spacial score (nSPS) is 18.6. The van der Waals surface area contributed by atoms with Crippen molar-refractivity contribution in [2.45, 2.75) is 25.8 Å². The molecule has 2 N–H and O–H groups in total. The van der Waals surface area contributed by atoms with Gasteiger partial charge < -0.3 is 15.4 Å². The van der Waals surface area contributed by atoms with Crippen LogP contribution in [-0.4, -0.2) is 31.6 Å². The van der Waals surface area contributed by atoms with E-state index in [2.05, 4.69) is 10.6 Å². The van der Waals surface area contributed by atoms with E-state index in [1.165, 1.54) is 5.56 Å². The van der Waals surface area contributed by atoms with Gasteiger partial charge in [0, 0.05) is 0 Å². The predicted molar refractivity (Wildman–Crippen MR) is 70.7 cm³/mol. The lowest BCUT2D eigenvalue weighted by molar-refractivity contribution is -0.122. The average molecular weight is 248 g/mol. The molecule has 0 radical (unpaired) electrons. The van der Waals surface area contributed by atoms with E-state index in [-0.39, 0.29) is 11.9 Å². The molecule has 18 heavy (non-hydrogen) atoms. The molecule has 1 heterocycles. The van der Waals surface area contributed by atoms with Gasteiger partial charge in [0.25, 0.3) is 0 Å². The molecule has 1 saturated heterocycles. The van der Waals surface area contributed by atoms with E-state index in [1.807, 2.05) is 31.2 Å². The van der Waals surface area contributed by atoms with Crippen LogP contribution in [0.15, 0.2) is 24.3 Å². The summed E-state index contributed by atoms with van der Waals surface area (Å²) in [6, 6.07) is 7.89. The molecule has 0 aromatic heterocycles. The van der Waals surface area contributed by atoms with Crippen LogP contribution in [0.1, 0.15) is 18.4 Å². The molecule has 2 rings (SSSR count). The molecule has 1 fully saturated rings. The van der Waals surface area contributed by atoms with Gasteiger partial charge in [-0.25, -0.2) is 0 Å². The highest BCUT2D eigenvalue weighted by Crippen LogP contribution is 2.11. The monoisotopic (exact) mass is 248 g/mol. The Kier molecular flexibility index (Phi) is 4.59. The summed E-state index contributed by atoms with van der Waals surface area (Å²) in [7, 11) is 0. The Morgan fingerprint density at radius 1 is 1.56 bits per heavy atom. The minimum atomic E-state index is -0.0102. The summed E-state index contributed by atoms with van der Waals surface area (Å²) in [5, 5.41) is 6.05. The second-order valence-electron chi connectivity index (χ2n) is 4.60. The lowest BCUT2D eigenvalue weighted by atomic mass is 10.2. The molecule has 1 aliphatic rings. The number of amides is 1. The summed E-state index contributed by atoms with van der Waals surface area (Å²) >= 11 is 0. The molecule has 4 heteroatoms. The Balaban J connectivity index is 1.65. The molecule has 1 aromatic rings. The van der Waals surface area contributed by atoms with Gasteiger partial charge in [0.1, 0.15) is 12.4 Å². The third-order valence-corrected chi connectivity index (χ3v) is 3.04. The van der Waals surface area contributed by atoms with Gasteiger partial charge in [-0.1, -0.05) is 12.1 Å². The lowest BCUT2D eigenvalue weighted by Crippen LogP contribution is -2.41. The molecule has 1 atom stereocenters. The highest BCUT2D eigenvalue weighted by molar-refractivity contribution is 5.81. The van der Waals surface area contributed by atoms with Gasteiger partial charge in [0.15, 0.2) is 0 Å². The average Bonchev–Trinajstić information content (AvgIpc) is 2.88. The number of carbonyl (C=O) groups excluding carboxylic acids is 1. The number of ether oxygens (including phenoxy) is 1. The summed E-state index contributed by atoms with van der Waals surface area (Å²) in [6.07, 6.45) is 2.02. The van der Waals surface area contributed by atoms with Gasteiger partial charge >= 0.3 is 0 Å². The summed E-state index contributed by atoms with van der Waals surface area (Å²) in [6.45, 7) is 4.02. The van der Waals surface area contributed by atoms with Gasteiger partial charge in [-0.2, -0.15) is 0 Å². The lowest BCUT2D eigenvalue weighted by Gasteiger charge is -2.11. The summed E-state index contributed by atoms with van der Waals surface area (Å²) in [5.74, 6) is 0.934. The first-order valence-corrected chi connectivity index (χ1v) is 6.46. The fraction of sp³-hybridized carbons (Fsp3) is 0.500. The van der Waals surface area contributed by atoms with Gasteiger partial charge in [0.2, 0.25) is 5.91 Å². The standard InChI is InChI=1S/C14H20N2O2/c1-11-4-2-5-12(10-11)18-9-8-16-14(17)13-6-3-7-15-13/h2,4-5,10,13,15H,3,6-9H2,1H3,(H,16,17)/t13-/m1/s1. The third kappa shape index (κ3) is 3.74. The zero-order chi connectivity index (χ0) is 12.8. The van der Waals surface area contributed by atoms with Crippen LogP contribution < -0.4 is 15.4 Å². The first kappa shape index (κ1) is 12.9. The minimum Gasteiger partial charge on any atom is -0.492 e. The van der Waals surface area contributed by atoms with Crippen molar-refractivity contribution >= 4 is 5.91 Å². The zero-order valence-corrected chi connectivity index (χ0v) is 10.7. The molecule has 98 valence electrons. The van der Waals surface area contributed by atoms with Crippen LogP contribution in [0.2, 0.25) is 0 Å². The minimum absolute atomic E-state index is 0.0102. The maximum Gasteiger partial charge on any atom is 0.237 e. The molecule has 4 nitrogen and oxygen atoms in total. The Bertz CT molecular complexity index is 401. The number of hydrogen-bond donors (Lipinski definition) is 2. The van der Waals surface area contributed by atoms with E-state index >= 15 is 0 Å². The SMILES string of the molecule is Cc1cccc(OCCNC(=O)[C@H]2CCCN2)c1. The van der Waals surface area contributed by atoms with Gasteiger partial charge in [0.05, 0.1) is 12.6 Å². The van der Waals surface area contributed by atoms with Crippen molar-refractivity contribution in [1.82, 2.24) is 10.6 Å². The molecule has 0 unspecified atom stereocenters. The quantitative estimate of drug-likeness (QED) is 0.771. The zero-order valence-electron chi connectivity index (χ0n) is 10.7. The number of carbonyl (C=O) groups is 1. The predicted octanol–water partition coefficient (Wildman–Crippen LogP) is 1.24. The fourth-order valence-corrected chi connectivity index (χ4v) is 2.08. The van der Waals surface area contributed by atoms with E-state index in [1.54, 1.807) is 0 Å². The molecule has 0 aliphatic carbocycles. The molecule has 0 spiro atoms. The molecule has 1 amide bonds. The van der Waals surface area contributed by atoms with Crippen molar-refractivity contribution in [2.75, 3.05) is 19.7 Å². The van der Waals surface area contributed by atoms with Crippen LogP contribution in [0, 0.1) is 6.92 Å². The van der Waals surface area contributed by atoms with Crippen molar-refractivity contribution in [3.63, 3.8) is 0 Å². The number of aryl methyl sites for hydroxylation is 1. The fourth-order valence-electron chi connectivity index (χ4n) is 2.08. The second-order valence-corrected chi connectivity index (χ2v) is 4.60. The van der Waals surface area contributed by atoms with Crippen molar-refractivity contribution < 1.29 is 9.53 Å². The van der Waals surface area contributed by atoms with Crippen LogP contribution in [0.25, 0.3) is 0 Å². The summed E-state index contributed by atoms with van der Waals surface area (Å²) in [5.41, 5.74) is 1.17. The number of nitrogens with one attached hydrogen (secondary N) is 2. The van der Waals surface area contributed by atoms with Crippen molar-refractivity contribution in [2.24, 2.45) is 0 Å². The van der Waals surface area contributed by atoms with Crippen LogP contribution in [0.4, 0.5) is 0 Å². The van der Waals surface area contributed by atoms with E-state index < -0.39 is 0 Å². The van der Waals surface area contributed by atoms with Gasteiger partial charge in [-0.15, -0.1) is 0 Å². The number of hydrogen-bond acceptors (Lipinski definition) is 3. The Morgan fingerprint density at radius 3 is 3.17 bits per heavy atom. The van der Waals surface area contributed by atoms with E-state index in [9.17, 15) is 4.79 Å². The summed E-state index contributed by atoms with van der Waals surface area (Å²) < 4.78 is 5.56. The second kappa shape index (κ2) is 6.40. The van der Waals surface area contributed by atoms with Gasteiger partial charge in [-0.3, -0.25) is 4.79 Å². The highest BCUT2D eigenvalue weighted by Gasteiger charge is 2.21. The van der Waals surface area contributed by atoms with E-state index in [0.29, 0.717) is 13.2 Å². The molecular formula is C14H20N2O2. The Morgan fingerprint density at radius 2 is 2.44 bits per heavy atom. The molecule has 0 bridgehead atoms. The van der Waals surface area contributed by atoms with Gasteiger partial charge in [-0.05, 0) is 44.0 Å². The van der Waals surface area contributed by atoms with Crippen LogP contribution >= 0.6 is 0 Å². The topological polar surface area (TPSA) is 50.4 Å². The van der Waals surface area contributed by atoms with Crippen LogP contribution in [-0.2, 0) is 4.79 Å². The van der Waals surface area contributed by atoms with Crippen LogP contribution in [0.5, 0.6) is 5.75 Å². The maximum absolute atomic E-state index is 11.7. The number of rotatable bonds is 5. The van der Waals surface area contributed by atoms with Crippen LogP contribution in [0.3, 0.4) is 0 Å². The molecular weight excluding hydrogens is 228 g/mol. The largest absolute Gasteiger partial charge is 0.492 e. The highest BCUT2D eigenvalue weighted by atomic mass is 16.5. The molecule has 1 aliphatic heterocycles. The Hall–Kier alpha value is -1.55. The van der Waals surface area contributed by atoms with Crippen molar-refractivity contribution in [3.8, 4) is 5.75 Å². The smallest absolute Gasteiger partial charge is 0.237 e. The van der Waals surface area contributed by atoms with E-state index in [4.69, 9.17) is 4.74 Å². The number of benzene rings is 1. The maximum atomic E-state index is 11.7. The first-order chi connectivity index (χ1) is 8.75.